The third kappa shape index (κ3) is 3.31. The van der Waals surface area contributed by atoms with Crippen LogP contribution in [0.3, 0.4) is 0 Å². The zero-order valence-electron chi connectivity index (χ0n) is 11.4. The maximum absolute atomic E-state index is 3.44. The van der Waals surface area contributed by atoms with Gasteiger partial charge in [0.15, 0.2) is 0 Å². The molecule has 0 bridgehead atoms. The van der Waals surface area contributed by atoms with E-state index in [4.69, 9.17) is 0 Å². The predicted molar refractivity (Wildman–Crippen MR) is 81.5 cm³/mol. The highest BCUT2D eigenvalue weighted by molar-refractivity contribution is 7.17. The Morgan fingerprint density at radius 3 is 2.78 bits per heavy atom. The second-order valence-corrected chi connectivity index (χ2v) is 5.95. The van der Waals surface area contributed by atoms with Gasteiger partial charge in [-0.2, -0.15) is 0 Å². The van der Waals surface area contributed by atoms with E-state index in [-0.39, 0.29) is 0 Å². The molecule has 2 rings (SSSR count). The molecule has 1 aromatic carbocycles. The minimum atomic E-state index is 0.561. The largest absolute Gasteiger partial charge is 0.317 e. The Morgan fingerprint density at radius 1 is 1.28 bits per heavy atom. The predicted octanol–water partition coefficient (Wildman–Crippen LogP) is 2.98. The summed E-state index contributed by atoms with van der Waals surface area (Å²) in [7, 11) is 6.33. The molecule has 0 fully saturated rings. The van der Waals surface area contributed by atoms with Crippen LogP contribution < -0.4 is 5.32 Å². The van der Waals surface area contributed by atoms with Crippen LogP contribution in [0.15, 0.2) is 29.6 Å². The first-order valence-electron chi connectivity index (χ1n) is 6.48. The number of likely N-dealkylation sites (N-methyl/N-ethyl adjacent to an activating group) is 1. The molecule has 0 saturated carbocycles. The van der Waals surface area contributed by atoms with Crippen LogP contribution in [0.5, 0.6) is 0 Å². The standard InChI is InChI=1S/C15H22N2S/c1-16-13(8-9-17(2)3)10-12-11-18-15-7-5-4-6-14(12)15/h4-7,11,13,16H,8-10H2,1-3H3. The zero-order chi connectivity index (χ0) is 13.0. The maximum atomic E-state index is 3.44. The lowest BCUT2D eigenvalue weighted by Crippen LogP contribution is -2.31. The summed E-state index contributed by atoms with van der Waals surface area (Å²) in [6.07, 6.45) is 2.31. The van der Waals surface area contributed by atoms with Crippen molar-refractivity contribution >= 4 is 21.4 Å². The Kier molecular flexibility index (Phi) is 4.75. The first kappa shape index (κ1) is 13.5. The number of benzene rings is 1. The average molecular weight is 262 g/mol. The van der Waals surface area contributed by atoms with E-state index in [1.54, 1.807) is 0 Å². The molecule has 2 nitrogen and oxygen atoms in total. The van der Waals surface area contributed by atoms with Crippen molar-refractivity contribution in [1.29, 1.82) is 0 Å². The highest BCUT2D eigenvalue weighted by atomic mass is 32.1. The summed E-state index contributed by atoms with van der Waals surface area (Å²) >= 11 is 1.85. The van der Waals surface area contributed by atoms with E-state index >= 15 is 0 Å². The van der Waals surface area contributed by atoms with Crippen LogP contribution in [0.4, 0.5) is 0 Å². The Labute approximate surface area is 114 Å². The first-order chi connectivity index (χ1) is 8.70. The van der Waals surface area contributed by atoms with Gasteiger partial charge in [0, 0.05) is 10.7 Å². The fraction of sp³-hybridized carbons (Fsp3) is 0.467. The molecule has 0 aliphatic heterocycles. The Morgan fingerprint density at radius 2 is 2.06 bits per heavy atom. The summed E-state index contributed by atoms with van der Waals surface area (Å²) in [6.45, 7) is 1.13. The fourth-order valence-electron chi connectivity index (χ4n) is 2.22. The van der Waals surface area contributed by atoms with Crippen molar-refractivity contribution in [3.63, 3.8) is 0 Å². The molecule has 1 atom stereocenters. The first-order valence-corrected chi connectivity index (χ1v) is 7.35. The summed E-state index contributed by atoms with van der Waals surface area (Å²) in [4.78, 5) is 2.25. The van der Waals surface area contributed by atoms with Crippen LogP contribution in [-0.4, -0.2) is 38.6 Å². The van der Waals surface area contributed by atoms with Crippen molar-refractivity contribution < 1.29 is 0 Å². The molecule has 0 spiro atoms. The van der Waals surface area contributed by atoms with Gasteiger partial charge in [-0.3, -0.25) is 0 Å². The molecule has 1 unspecified atom stereocenters. The molecule has 1 heterocycles. The topological polar surface area (TPSA) is 15.3 Å². The quantitative estimate of drug-likeness (QED) is 0.861. The highest BCUT2D eigenvalue weighted by Gasteiger charge is 2.11. The molecule has 1 N–H and O–H groups in total. The second kappa shape index (κ2) is 6.32. The minimum absolute atomic E-state index is 0.561. The minimum Gasteiger partial charge on any atom is -0.317 e. The molecule has 0 radical (unpaired) electrons. The molecule has 0 amide bonds. The Bertz CT molecular complexity index is 490. The van der Waals surface area contributed by atoms with Gasteiger partial charge in [-0.25, -0.2) is 0 Å². The van der Waals surface area contributed by atoms with Crippen molar-refractivity contribution in [1.82, 2.24) is 10.2 Å². The Balaban J connectivity index is 2.07. The van der Waals surface area contributed by atoms with E-state index in [2.05, 4.69) is 61.0 Å². The van der Waals surface area contributed by atoms with Crippen LogP contribution in [-0.2, 0) is 6.42 Å². The highest BCUT2D eigenvalue weighted by Crippen LogP contribution is 2.26. The summed E-state index contributed by atoms with van der Waals surface area (Å²) in [5, 5.41) is 7.17. The molecule has 1 aromatic heterocycles. The number of nitrogens with zero attached hydrogens (tertiary/aromatic N) is 1. The summed E-state index contributed by atoms with van der Waals surface area (Å²) in [5.41, 5.74) is 1.48. The van der Waals surface area contributed by atoms with E-state index in [0.29, 0.717) is 6.04 Å². The normalized spacial score (nSPS) is 13.3. The van der Waals surface area contributed by atoms with Crippen LogP contribution in [0.1, 0.15) is 12.0 Å². The van der Waals surface area contributed by atoms with Gasteiger partial charge in [0.2, 0.25) is 0 Å². The molecule has 0 aliphatic rings. The summed E-state index contributed by atoms with van der Waals surface area (Å²) in [6, 6.07) is 9.25. The van der Waals surface area contributed by atoms with Crippen LogP contribution in [0.25, 0.3) is 10.1 Å². The molecule has 98 valence electrons. The SMILES string of the molecule is CNC(CCN(C)C)Cc1csc2ccccc12. The molecule has 0 saturated heterocycles. The lowest BCUT2D eigenvalue weighted by molar-refractivity contribution is 0.364. The van der Waals surface area contributed by atoms with E-state index in [0.717, 1.165) is 13.0 Å². The molecule has 0 aliphatic carbocycles. The van der Waals surface area contributed by atoms with Gasteiger partial charge in [0.1, 0.15) is 0 Å². The van der Waals surface area contributed by atoms with Crippen molar-refractivity contribution in [2.24, 2.45) is 0 Å². The molecule has 3 heteroatoms. The molecule has 18 heavy (non-hydrogen) atoms. The van der Waals surface area contributed by atoms with Crippen LogP contribution in [0, 0.1) is 0 Å². The average Bonchev–Trinajstić information content (AvgIpc) is 2.77. The lowest BCUT2D eigenvalue weighted by Gasteiger charge is -2.18. The third-order valence-corrected chi connectivity index (χ3v) is 4.37. The maximum Gasteiger partial charge on any atom is 0.0345 e. The second-order valence-electron chi connectivity index (χ2n) is 5.04. The fourth-order valence-corrected chi connectivity index (χ4v) is 3.19. The number of hydrogen-bond donors (Lipinski definition) is 1. The van der Waals surface area contributed by atoms with Gasteiger partial charge in [-0.15, -0.1) is 11.3 Å². The Hall–Kier alpha value is -0.900. The number of thiophene rings is 1. The van der Waals surface area contributed by atoms with Gasteiger partial charge in [-0.1, -0.05) is 18.2 Å². The van der Waals surface area contributed by atoms with Crippen molar-refractivity contribution in [3.05, 3.63) is 35.2 Å². The number of rotatable bonds is 6. The zero-order valence-corrected chi connectivity index (χ0v) is 12.3. The van der Waals surface area contributed by atoms with Crippen molar-refractivity contribution in [2.45, 2.75) is 18.9 Å². The third-order valence-electron chi connectivity index (χ3n) is 3.36. The van der Waals surface area contributed by atoms with E-state index in [1.807, 2.05) is 11.3 Å². The van der Waals surface area contributed by atoms with Gasteiger partial charge in [-0.05, 0) is 62.9 Å². The van der Waals surface area contributed by atoms with E-state index in [1.165, 1.54) is 22.1 Å². The number of hydrogen-bond acceptors (Lipinski definition) is 3. The van der Waals surface area contributed by atoms with E-state index < -0.39 is 0 Å². The smallest absolute Gasteiger partial charge is 0.0345 e. The van der Waals surface area contributed by atoms with Crippen LogP contribution >= 0.6 is 11.3 Å². The van der Waals surface area contributed by atoms with Gasteiger partial charge >= 0.3 is 0 Å². The van der Waals surface area contributed by atoms with Gasteiger partial charge in [0.25, 0.3) is 0 Å². The number of fused-ring (bicyclic) bond motifs is 1. The van der Waals surface area contributed by atoms with E-state index in [9.17, 15) is 0 Å². The monoisotopic (exact) mass is 262 g/mol. The number of nitrogens with one attached hydrogen (secondary N) is 1. The van der Waals surface area contributed by atoms with Gasteiger partial charge in [0.05, 0.1) is 0 Å². The lowest BCUT2D eigenvalue weighted by atomic mass is 10.0. The molecular weight excluding hydrogens is 240 g/mol. The van der Waals surface area contributed by atoms with Gasteiger partial charge < -0.3 is 10.2 Å². The molecular formula is C15H22N2S. The van der Waals surface area contributed by atoms with Crippen LogP contribution in [0.2, 0.25) is 0 Å². The van der Waals surface area contributed by atoms with Crippen molar-refractivity contribution in [2.75, 3.05) is 27.7 Å². The summed E-state index contributed by atoms with van der Waals surface area (Å²) in [5.74, 6) is 0. The summed E-state index contributed by atoms with van der Waals surface area (Å²) < 4.78 is 1.40. The molecule has 2 aromatic rings. The van der Waals surface area contributed by atoms with Crippen molar-refractivity contribution in [3.8, 4) is 0 Å².